The van der Waals surface area contributed by atoms with E-state index >= 15 is 0 Å². The van der Waals surface area contributed by atoms with Crippen LogP contribution in [-0.2, 0) is 14.3 Å². The van der Waals surface area contributed by atoms with Gasteiger partial charge >= 0.3 is 5.97 Å². The van der Waals surface area contributed by atoms with Gasteiger partial charge in [0.25, 0.3) is 0 Å². The minimum Gasteiger partial charge on any atom is -0.497 e. The van der Waals surface area contributed by atoms with E-state index in [1.807, 2.05) is 24.3 Å². The number of aromatic nitrogens is 4. The van der Waals surface area contributed by atoms with Crippen molar-refractivity contribution in [3.8, 4) is 5.75 Å². The van der Waals surface area contributed by atoms with Gasteiger partial charge in [0, 0.05) is 12.8 Å². The topological polar surface area (TPSA) is 100 Å². The summed E-state index contributed by atoms with van der Waals surface area (Å²) in [4.78, 5) is 12.6. The van der Waals surface area contributed by atoms with Gasteiger partial charge in [0.15, 0.2) is 0 Å². The van der Waals surface area contributed by atoms with Crippen LogP contribution in [0.3, 0.4) is 0 Å². The van der Waals surface area contributed by atoms with E-state index in [-0.39, 0.29) is 6.61 Å². The summed E-state index contributed by atoms with van der Waals surface area (Å²) in [6.45, 7) is 2.29. The monoisotopic (exact) mass is 345 g/mol. The molecule has 1 aliphatic heterocycles. The standard InChI is InChI=1S/C16H19N5O4/c1-10-13(15(22)25-9-8-23-2)14(21-16(17-10)18-19-20-21)11-4-6-12(24-3)7-5-11/h4-7,14H,8-9H2,1-3H3,(H,17,18,20). The van der Waals surface area contributed by atoms with Crippen molar-refractivity contribution in [2.75, 3.05) is 32.8 Å². The first kappa shape index (κ1) is 16.9. The van der Waals surface area contributed by atoms with E-state index in [0.717, 1.165) is 11.3 Å². The number of rotatable bonds is 6. The van der Waals surface area contributed by atoms with Gasteiger partial charge in [0.1, 0.15) is 18.4 Å². The Kier molecular flexibility index (Phi) is 4.94. The van der Waals surface area contributed by atoms with Crippen LogP contribution < -0.4 is 10.1 Å². The average molecular weight is 345 g/mol. The Hall–Kier alpha value is -2.94. The fraction of sp³-hybridized carbons (Fsp3) is 0.375. The molecule has 3 rings (SSSR count). The van der Waals surface area contributed by atoms with E-state index in [1.54, 1.807) is 25.8 Å². The van der Waals surface area contributed by atoms with Crippen molar-refractivity contribution in [1.29, 1.82) is 0 Å². The molecule has 1 N–H and O–H groups in total. The lowest BCUT2D eigenvalue weighted by Crippen LogP contribution is -2.30. The van der Waals surface area contributed by atoms with Gasteiger partial charge < -0.3 is 19.5 Å². The summed E-state index contributed by atoms with van der Waals surface area (Å²) >= 11 is 0. The van der Waals surface area contributed by atoms with E-state index < -0.39 is 12.0 Å². The van der Waals surface area contributed by atoms with Gasteiger partial charge in [-0.25, -0.2) is 4.79 Å². The average Bonchev–Trinajstić information content (AvgIpc) is 3.08. The molecule has 1 aliphatic rings. The molecule has 1 aromatic carbocycles. The zero-order valence-corrected chi connectivity index (χ0v) is 14.2. The lowest BCUT2D eigenvalue weighted by Gasteiger charge is -2.27. The number of hydrogen-bond donors (Lipinski definition) is 1. The smallest absolute Gasteiger partial charge is 0.338 e. The van der Waals surface area contributed by atoms with E-state index in [4.69, 9.17) is 14.2 Å². The van der Waals surface area contributed by atoms with Gasteiger partial charge in [-0.1, -0.05) is 17.2 Å². The lowest BCUT2D eigenvalue weighted by atomic mass is 9.96. The van der Waals surface area contributed by atoms with Crippen LogP contribution in [0.15, 0.2) is 35.5 Å². The molecule has 0 saturated heterocycles. The molecule has 1 unspecified atom stereocenters. The largest absolute Gasteiger partial charge is 0.497 e. The number of tetrazole rings is 1. The number of allylic oxidation sites excluding steroid dienone is 1. The summed E-state index contributed by atoms with van der Waals surface area (Å²) in [5, 5.41) is 14.7. The first-order valence-corrected chi connectivity index (χ1v) is 7.71. The molecule has 1 aromatic heterocycles. The molecule has 0 bridgehead atoms. The summed E-state index contributed by atoms with van der Waals surface area (Å²) in [5.41, 5.74) is 1.93. The molecular formula is C16H19N5O4. The Bertz CT molecular complexity index is 784. The summed E-state index contributed by atoms with van der Waals surface area (Å²) in [6, 6.07) is 6.90. The third-order valence-electron chi connectivity index (χ3n) is 3.89. The zero-order chi connectivity index (χ0) is 17.8. The Morgan fingerprint density at radius 3 is 2.68 bits per heavy atom. The predicted octanol–water partition coefficient (Wildman–Crippen LogP) is 1.16. The number of methoxy groups -OCH3 is 2. The molecule has 1 atom stereocenters. The maximum Gasteiger partial charge on any atom is 0.338 e. The fourth-order valence-electron chi connectivity index (χ4n) is 2.67. The van der Waals surface area contributed by atoms with Gasteiger partial charge in [0.2, 0.25) is 5.95 Å². The number of nitrogens with one attached hydrogen (secondary N) is 1. The van der Waals surface area contributed by atoms with Crippen LogP contribution >= 0.6 is 0 Å². The second kappa shape index (κ2) is 7.31. The van der Waals surface area contributed by atoms with E-state index in [1.165, 1.54) is 0 Å². The van der Waals surface area contributed by atoms with Crippen molar-refractivity contribution >= 4 is 11.9 Å². The van der Waals surface area contributed by atoms with Gasteiger partial charge in [-0.3, -0.25) is 0 Å². The lowest BCUT2D eigenvalue weighted by molar-refractivity contribution is -0.140. The van der Waals surface area contributed by atoms with Gasteiger partial charge in [-0.15, -0.1) is 0 Å². The Morgan fingerprint density at radius 1 is 1.24 bits per heavy atom. The first-order chi connectivity index (χ1) is 12.2. The highest BCUT2D eigenvalue weighted by Gasteiger charge is 2.34. The number of nitrogens with zero attached hydrogens (tertiary/aromatic N) is 4. The minimum atomic E-state index is -0.493. The second-order valence-electron chi connectivity index (χ2n) is 5.42. The van der Waals surface area contributed by atoms with Crippen molar-refractivity contribution in [1.82, 2.24) is 20.2 Å². The van der Waals surface area contributed by atoms with Crippen LogP contribution in [0.4, 0.5) is 5.95 Å². The van der Waals surface area contributed by atoms with E-state index in [2.05, 4.69) is 20.8 Å². The van der Waals surface area contributed by atoms with Crippen molar-refractivity contribution in [3.63, 3.8) is 0 Å². The molecule has 0 amide bonds. The Balaban J connectivity index is 1.99. The normalized spacial score (nSPS) is 16.2. The minimum absolute atomic E-state index is 0.171. The molecule has 0 radical (unpaired) electrons. The maximum atomic E-state index is 12.6. The van der Waals surface area contributed by atoms with Crippen molar-refractivity contribution in [2.45, 2.75) is 13.0 Å². The van der Waals surface area contributed by atoms with Crippen molar-refractivity contribution in [3.05, 3.63) is 41.1 Å². The van der Waals surface area contributed by atoms with Crippen LogP contribution in [0.5, 0.6) is 5.75 Å². The summed E-state index contributed by atoms with van der Waals surface area (Å²) in [6.07, 6.45) is 0. The number of fused-ring (bicyclic) bond motifs is 1. The Labute approximate surface area is 144 Å². The van der Waals surface area contributed by atoms with Crippen LogP contribution in [0.25, 0.3) is 0 Å². The number of carbonyl (C=O) groups is 1. The number of esters is 1. The molecule has 25 heavy (non-hydrogen) atoms. The van der Waals surface area contributed by atoms with Crippen molar-refractivity contribution in [2.24, 2.45) is 0 Å². The molecule has 0 spiro atoms. The molecule has 0 saturated carbocycles. The maximum absolute atomic E-state index is 12.6. The molecule has 0 aliphatic carbocycles. The number of carbonyl (C=O) groups excluding carboxylic acids is 1. The molecule has 2 aromatic rings. The highest BCUT2D eigenvalue weighted by Crippen LogP contribution is 2.35. The third-order valence-corrected chi connectivity index (χ3v) is 3.89. The molecular weight excluding hydrogens is 326 g/mol. The first-order valence-electron chi connectivity index (χ1n) is 7.71. The summed E-state index contributed by atoms with van der Waals surface area (Å²) in [7, 11) is 3.15. The number of hydrogen-bond acceptors (Lipinski definition) is 8. The van der Waals surface area contributed by atoms with E-state index in [9.17, 15) is 4.79 Å². The molecule has 2 heterocycles. The van der Waals surface area contributed by atoms with E-state index in [0.29, 0.717) is 23.8 Å². The van der Waals surface area contributed by atoms with Gasteiger partial charge in [0.05, 0.1) is 19.3 Å². The summed E-state index contributed by atoms with van der Waals surface area (Å²) < 4.78 is 17.0. The number of anilines is 1. The predicted molar refractivity (Wildman–Crippen MR) is 88.1 cm³/mol. The highest BCUT2D eigenvalue weighted by atomic mass is 16.6. The van der Waals surface area contributed by atoms with Crippen LogP contribution in [-0.4, -0.2) is 53.6 Å². The van der Waals surface area contributed by atoms with Crippen molar-refractivity contribution < 1.29 is 19.0 Å². The van der Waals surface area contributed by atoms with Crippen LogP contribution in [0, 0.1) is 0 Å². The zero-order valence-electron chi connectivity index (χ0n) is 14.2. The molecule has 9 nitrogen and oxygen atoms in total. The summed E-state index contributed by atoms with van der Waals surface area (Å²) in [5.74, 6) is 0.746. The SMILES string of the molecule is COCCOC(=O)C1=C(C)Nc2nnnn2C1c1ccc(OC)cc1. The quantitative estimate of drug-likeness (QED) is 0.615. The fourth-order valence-corrected chi connectivity index (χ4v) is 2.67. The second-order valence-corrected chi connectivity index (χ2v) is 5.42. The number of benzene rings is 1. The molecule has 132 valence electrons. The van der Waals surface area contributed by atoms with Crippen LogP contribution in [0.1, 0.15) is 18.5 Å². The number of ether oxygens (including phenoxy) is 3. The third kappa shape index (κ3) is 3.31. The van der Waals surface area contributed by atoms with Crippen LogP contribution in [0.2, 0.25) is 0 Å². The molecule has 9 heteroatoms. The van der Waals surface area contributed by atoms with Gasteiger partial charge in [-0.2, -0.15) is 4.68 Å². The van der Waals surface area contributed by atoms with Gasteiger partial charge in [-0.05, 0) is 35.0 Å². The Morgan fingerprint density at radius 2 is 2.00 bits per heavy atom. The molecule has 0 fully saturated rings. The highest BCUT2D eigenvalue weighted by molar-refractivity contribution is 5.92.